The van der Waals surface area contributed by atoms with Gasteiger partial charge in [0.1, 0.15) is 5.69 Å². The van der Waals surface area contributed by atoms with Gasteiger partial charge in [0.15, 0.2) is 0 Å². The van der Waals surface area contributed by atoms with Crippen molar-refractivity contribution in [3.63, 3.8) is 0 Å². The van der Waals surface area contributed by atoms with E-state index in [0.717, 1.165) is 6.42 Å². The third-order valence-electron chi connectivity index (χ3n) is 1.90. The van der Waals surface area contributed by atoms with E-state index in [4.69, 9.17) is 0 Å². The highest BCUT2D eigenvalue weighted by atomic mass is 16.2. The fourth-order valence-electron chi connectivity index (χ4n) is 0.893. The molecule has 1 heterocycles. The van der Waals surface area contributed by atoms with Gasteiger partial charge in [0.05, 0.1) is 6.33 Å². The molecule has 1 aromatic rings. The first-order valence-corrected chi connectivity index (χ1v) is 4.49. The minimum absolute atomic E-state index is 0.0867. The predicted octanol–water partition coefficient (Wildman–Crippen LogP) is 0.298. The van der Waals surface area contributed by atoms with Crippen LogP contribution in [0.3, 0.4) is 0 Å². The van der Waals surface area contributed by atoms with E-state index in [-0.39, 0.29) is 23.2 Å². The molecule has 0 spiro atoms. The average molecular weight is 195 g/mol. The molecule has 0 radical (unpaired) electrons. The third kappa shape index (κ3) is 2.69. The van der Waals surface area contributed by atoms with Gasteiger partial charge in [0.25, 0.3) is 11.5 Å². The van der Waals surface area contributed by atoms with Gasteiger partial charge in [-0.15, -0.1) is 0 Å². The molecule has 1 atom stereocenters. The predicted molar refractivity (Wildman–Crippen MR) is 52.1 cm³/mol. The van der Waals surface area contributed by atoms with Gasteiger partial charge in [-0.2, -0.15) is 0 Å². The second-order valence-corrected chi connectivity index (χ2v) is 3.08. The number of aromatic amines is 1. The summed E-state index contributed by atoms with van der Waals surface area (Å²) < 4.78 is 0. The van der Waals surface area contributed by atoms with Crippen molar-refractivity contribution < 1.29 is 4.79 Å². The van der Waals surface area contributed by atoms with Crippen molar-refractivity contribution >= 4 is 5.91 Å². The lowest BCUT2D eigenvalue weighted by atomic mass is 10.2. The van der Waals surface area contributed by atoms with E-state index in [2.05, 4.69) is 15.3 Å². The van der Waals surface area contributed by atoms with E-state index in [9.17, 15) is 9.59 Å². The Morgan fingerprint density at radius 3 is 3.00 bits per heavy atom. The number of rotatable bonds is 3. The van der Waals surface area contributed by atoms with E-state index in [1.165, 1.54) is 12.4 Å². The molecule has 0 fully saturated rings. The molecule has 0 aliphatic heterocycles. The summed E-state index contributed by atoms with van der Waals surface area (Å²) in [5, 5.41) is 2.72. The number of nitrogens with zero attached hydrogens (tertiary/aromatic N) is 1. The van der Waals surface area contributed by atoms with Crippen molar-refractivity contribution in [2.24, 2.45) is 0 Å². The van der Waals surface area contributed by atoms with Gasteiger partial charge in [-0.1, -0.05) is 6.92 Å². The highest BCUT2D eigenvalue weighted by Crippen LogP contribution is 1.92. The minimum Gasteiger partial charge on any atom is -0.348 e. The summed E-state index contributed by atoms with van der Waals surface area (Å²) in [7, 11) is 0. The van der Waals surface area contributed by atoms with Crippen LogP contribution in [-0.2, 0) is 0 Å². The van der Waals surface area contributed by atoms with Crippen molar-refractivity contribution in [1.82, 2.24) is 15.3 Å². The summed E-state index contributed by atoms with van der Waals surface area (Å²) in [6.45, 7) is 3.86. The fraction of sp³-hybridized carbons (Fsp3) is 0.444. The molecule has 0 aliphatic carbocycles. The van der Waals surface area contributed by atoms with Gasteiger partial charge in [-0.25, -0.2) is 4.98 Å². The average Bonchev–Trinajstić information content (AvgIpc) is 2.17. The first kappa shape index (κ1) is 10.4. The van der Waals surface area contributed by atoms with Crippen molar-refractivity contribution in [3.8, 4) is 0 Å². The molecule has 0 bridgehead atoms. The normalized spacial score (nSPS) is 12.1. The summed E-state index contributed by atoms with van der Waals surface area (Å²) in [5.41, 5.74) is -0.177. The van der Waals surface area contributed by atoms with Crippen LogP contribution in [0.1, 0.15) is 30.8 Å². The van der Waals surface area contributed by atoms with Gasteiger partial charge in [-0.3, -0.25) is 9.59 Å². The van der Waals surface area contributed by atoms with Crippen LogP contribution in [0.4, 0.5) is 0 Å². The van der Waals surface area contributed by atoms with Crippen LogP contribution in [0.25, 0.3) is 0 Å². The van der Waals surface area contributed by atoms with Gasteiger partial charge >= 0.3 is 0 Å². The quantitative estimate of drug-likeness (QED) is 0.728. The van der Waals surface area contributed by atoms with Crippen molar-refractivity contribution in [2.75, 3.05) is 0 Å². The number of H-pyrrole nitrogens is 1. The van der Waals surface area contributed by atoms with Crippen molar-refractivity contribution in [2.45, 2.75) is 26.3 Å². The molecule has 1 rings (SSSR count). The Labute approximate surface area is 81.6 Å². The zero-order valence-corrected chi connectivity index (χ0v) is 8.20. The number of nitrogens with one attached hydrogen (secondary N) is 2. The maximum atomic E-state index is 11.4. The molecule has 1 amide bonds. The largest absolute Gasteiger partial charge is 0.348 e. The molecular formula is C9H13N3O2. The SMILES string of the molecule is CCC(C)NC(=O)c1cc(=O)[nH]cn1. The first-order valence-electron chi connectivity index (χ1n) is 4.49. The lowest BCUT2D eigenvalue weighted by Gasteiger charge is -2.09. The fourth-order valence-corrected chi connectivity index (χ4v) is 0.893. The number of carbonyl (C=O) groups is 1. The Morgan fingerprint density at radius 2 is 2.43 bits per heavy atom. The molecule has 0 saturated heterocycles. The van der Waals surface area contributed by atoms with E-state index < -0.39 is 0 Å². The Morgan fingerprint density at radius 1 is 1.71 bits per heavy atom. The van der Waals surface area contributed by atoms with E-state index in [1.807, 2.05) is 13.8 Å². The van der Waals surface area contributed by atoms with Crippen LogP contribution in [0.5, 0.6) is 0 Å². The zero-order valence-electron chi connectivity index (χ0n) is 8.20. The maximum Gasteiger partial charge on any atom is 0.270 e. The van der Waals surface area contributed by atoms with E-state index >= 15 is 0 Å². The molecule has 1 aromatic heterocycles. The first-order chi connectivity index (χ1) is 6.63. The smallest absolute Gasteiger partial charge is 0.270 e. The van der Waals surface area contributed by atoms with Crippen LogP contribution < -0.4 is 10.9 Å². The standard InChI is InChI=1S/C9H13N3O2/c1-3-6(2)12-9(14)7-4-8(13)11-5-10-7/h4-6H,3H2,1-2H3,(H,12,14)(H,10,11,13). The van der Waals surface area contributed by atoms with Gasteiger partial charge in [0, 0.05) is 12.1 Å². The van der Waals surface area contributed by atoms with Crippen LogP contribution in [0.15, 0.2) is 17.2 Å². The van der Waals surface area contributed by atoms with E-state index in [0.29, 0.717) is 0 Å². The molecule has 0 aliphatic rings. The van der Waals surface area contributed by atoms with Crippen LogP contribution in [0.2, 0.25) is 0 Å². The summed E-state index contributed by atoms with van der Waals surface area (Å²) in [5.74, 6) is -0.314. The molecule has 76 valence electrons. The molecule has 14 heavy (non-hydrogen) atoms. The summed E-state index contributed by atoms with van der Waals surface area (Å²) in [4.78, 5) is 28.4. The van der Waals surface area contributed by atoms with E-state index in [1.54, 1.807) is 0 Å². The molecule has 0 saturated carbocycles. The van der Waals surface area contributed by atoms with Crippen LogP contribution in [-0.4, -0.2) is 21.9 Å². The molecule has 1 unspecified atom stereocenters. The maximum absolute atomic E-state index is 11.4. The van der Waals surface area contributed by atoms with Crippen molar-refractivity contribution in [3.05, 3.63) is 28.4 Å². The minimum atomic E-state index is -0.325. The highest BCUT2D eigenvalue weighted by Gasteiger charge is 2.09. The molecule has 0 aromatic carbocycles. The van der Waals surface area contributed by atoms with Crippen LogP contribution >= 0.6 is 0 Å². The summed E-state index contributed by atoms with van der Waals surface area (Å²) in [6.07, 6.45) is 2.06. The second-order valence-electron chi connectivity index (χ2n) is 3.08. The number of carbonyl (C=O) groups excluding carboxylic acids is 1. The summed E-state index contributed by atoms with van der Waals surface area (Å²) >= 11 is 0. The second kappa shape index (κ2) is 4.55. The lowest BCUT2D eigenvalue weighted by molar-refractivity contribution is 0.0934. The number of aromatic nitrogens is 2. The van der Waals surface area contributed by atoms with Crippen LogP contribution in [0, 0.1) is 0 Å². The Hall–Kier alpha value is -1.65. The Bertz CT molecular complexity index is 372. The lowest BCUT2D eigenvalue weighted by Crippen LogP contribution is -2.33. The van der Waals surface area contributed by atoms with Crippen molar-refractivity contribution in [1.29, 1.82) is 0 Å². The Kier molecular flexibility index (Phi) is 3.39. The summed E-state index contributed by atoms with van der Waals surface area (Å²) in [6, 6.07) is 1.26. The van der Waals surface area contributed by atoms with Gasteiger partial charge < -0.3 is 10.3 Å². The Balaban J connectivity index is 2.75. The topological polar surface area (TPSA) is 74.8 Å². The molecule has 5 heteroatoms. The zero-order chi connectivity index (χ0) is 10.6. The number of hydrogen-bond donors (Lipinski definition) is 2. The number of hydrogen-bond acceptors (Lipinski definition) is 3. The third-order valence-corrected chi connectivity index (χ3v) is 1.90. The molecular weight excluding hydrogens is 182 g/mol. The van der Waals surface area contributed by atoms with Gasteiger partial charge in [0.2, 0.25) is 0 Å². The molecule has 5 nitrogen and oxygen atoms in total. The molecule has 2 N–H and O–H groups in total. The monoisotopic (exact) mass is 195 g/mol. The highest BCUT2D eigenvalue weighted by molar-refractivity contribution is 5.92. The van der Waals surface area contributed by atoms with Gasteiger partial charge in [-0.05, 0) is 13.3 Å². The number of amides is 1.